The SMILES string of the molecule is CCCC[C@H]1S/C(=N/N=C\c2ccc(C)cc2)N(Cc2cccc3ccccc23)C1=O. The minimum absolute atomic E-state index is 0.0803. The van der Waals surface area contributed by atoms with Crippen LogP contribution in [-0.4, -0.2) is 27.4 Å². The van der Waals surface area contributed by atoms with E-state index in [0.717, 1.165) is 30.4 Å². The molecule has 4 nitrogen and oxygen atoms in total. The van der Waals surface area contributed by atoms with E-state index < -0.39 is 0 Å². The molecule has 0 aliphatic carbocycles. The Kier molecular flexibility index (Phi) is 6.82. The highest BCUT2D eigenvalue weighted by atomic mass is 32.2. The smallest absolute Gasteiger partial charge is 0.242 e. The summed E-state index contributed by atoms with van der Waals surface area (Å²) in [6.07, 6.45) is 4.72. The summed E-state index contributed by atoms with van der Waals surface area (Å²) in [4.78, 5) is 15.0. The number of amidine groups is 1. The van der Waals surface area contributed by atoms with Gasteiger partial charge in [-0.05, 0) is 35.2 Å². The normalized spacial score (nSPS) is 18.0. The van der Waals surface area contributed by atoms with E-state index in [0.29, 0.717) is 11.7 Å². The molecule has 0 radical (unpaired) electrons. The first kappa shape index (κ1) is 21.3. The molecule has 1 fully saturated rings. The molecule has 1 amide bonds. The van der Waals surface area contributed by atoms with Crippen LogP contribution >= 0.6 is 11.8 Å². The van der Waals surface area contributed by atoms with E-state index in [1.807, 2.05) is 30.3 Å². The predicted molar refractivity (Wildman–Crippen MR) is 132 cm³/mol. The maximum atomic E-state index is 13.2. The molecule has 1 saturated heterocycles. The summed E-state index contributed by atoms with van der Waals surface area (Å²) in [5, 5.41) is 11.7. The Bertz CT molecular complexity index is 1120. The Morgan fingerprint density at radius 3 is 2.61 bits per heavy atom. The predicted octanol–water partition coefficient (Wildman–Crippen LogP) is 6.17. The third-order valence-electron chi connectivity index (χ3n) is 5.48. The maximum Gasteiger partial charge on any atom is 0.242 e. The number of thioether (sulfide) groups is 1. The van der Waals surface area contributed by atoms with E-state index in [2.05, 4.69) is 60.4 Å². The van der Waals surface area contributed by atoms with Crippen LogP contribution in [0.3, 0.4) is 0 Å². The van der Waals surface area contributed by atoms with Crippen molar-refractivity contribution in [1.29, 1.82) is 0 Å². The number of carbonyl (C=O) groups excluding carboxylic acids is 1. The van der Waals surface area contributed by atoms with Crippen LogP contribution in [0.25, 0.3) is 10.8 Å². The number of amides is 1. The van der Waals surface area contributed by atoms with Crippen LogP contribution in [-0.2, 0) is 11.3 Å². The summed E-state index contributed by atoms with van der Waals surface area (Å²) in [5.74, 6) is 0.135. The van der Waals surface area contributed by atoms with Crippen molar-refractivity contribution in [3.05, 3.63) is 83.4 Å². The molecule has 1 aliphatic heterocycles. The van der Waals surface area contributed by atoms with E-state index in [1.165, 1.54) is 16.3 Å². The molecular formula is C26H27N3OS. The fourth-order valence-corrected chi connectivity index (χ4v) is 4.85. The van der Waals surface area contributed by atoms with Gasteiger partial charge in [-0.15, -0.1) is 5.10 Å². The molecule has 1 atom stereocenters. The minimum atomic E-state index is -0.0803. The van der Waals surface area contributed by atoms with Gasteiger partial charge < -0.3 is 0 Å². The van der Waals surface area contributed by atoms with Gasteiger partial charge in [0.2, 0.25) is 5.91 Å². The number of hydrogen-bond acceptors (Lipinski definition) is 4. The zero-order valence-corrected chi connectivity index (χ0v) is 18.8. The topological polar surface area (TPSA) is 45.0 Å². The first-order valence-electron chi connectivity index (χ1n) is 10.8. The molecule has 0 spiro atoms. The third-order valence-corrected chi connectivity index (χ3v) is 6.71. The molecule has 0 unspecified atom stereocenters. The second-order valence-electron chi connectivity index (χ2n) is 7.85. The van der Waals surface area contributed by atoms with Gasteiger partial charge in [0.15, 0.2) is 5.17 Å². The van der Waals surface area contributed by atoms with Gasteiger partial charge in [-0.1, -0.05) is 104 Å². The first-order valence-corrected chi connectivity index (χ1v) is 11.7. The first-order chi connectivity index (χ1) is 15.2. The number of rotatable bonds is 7. The number of hydrogen-bond donors (Lipinski definition) is 0. The number of unbranched alkanes of at least 4 members (excludes halogenated alkanes) is 1. The lowest BCUT2D eigenvalue weighted by Crippen LogP contribution is -2.31. The molecule has 0 aromatic heterocycles. The lowest BCUT2D eigenvalue weighted by atomic mass is 10.0. The van der Waals surface area contributed by atoms with Crippen LogP contribution in [0, 0.1) is 6.92 Å². The Labute approximate surface area is 188 Å². The van der Waals surface area contributed by atoms with Gasteiger partial charge in [-0.2, -0.15) is 5.10 Å². The number of aryl methyl sites for hydroxylation is 1. The molecule has 31 heavy (non-hydrogen) atoms. The van der Waals surface area contributed by atoms with E-state index in [9.17, 15) is 4.79 Å². The average molecular weight is 430 g/mol. The monoisotopic (exact) mass is 429 g/mol. The lowest BCUT2D eigenvalue weighted by molar-refractivity contribution is -0.126. The fourth-order valence-electron chi connectivity index (χ4n) is 3.70. The van der Waals surface area contributed by atoms with Crippen LogP contribution < -0.4 is 0 Å². The molecule has 0 saturated carbocycles. The van der Waals surface area contributed by atoms with Gasteiger partial charge >= 0.3 is 0 Å². The third kappa shape index (κ3) is 5.05. The van der Waals surface area contributed by atoms with E-state index in [4.69, 9.17) is 0 Å². The van der Waals surface area contributed by atoms with E-state index in [1.54, 1.807) is 22.9 Å². The Balaban J connectivity index is 1.61. The number of nitrogens with zero attached hydrogens (tertiary/aromatic N) is 3. The summed E-state index contributed by atoms with van der Waals surface area (Å²) in [5.41, 5.74) is 3.33. The Hall–Kier alpha value is -2.92. The summed E-state index contributed by atoms with van der Waals surface area (Å²) in [6.45, 7) is 4.72. The quantitative estimate of drug-likeness (QED) is 0.333. The highest BCUT2D eigenvalue weighted by molar-refractivity contribution is 8.15. The molecule has 158 valence electrons. The second kappa shape index (κ2) is 9.92. The van der Waals surface area contributed by atoms with Crippen LogP contribution in [0.4, 0.5) is 0 Å². The van der Waals surface area contributed by atoms with Gasteiger partial charge in [0.25, 0.3) is 0 Å². The molecule has 1 aliphatic rings. The van der Waals surface area contributed by atoms with Gasteiger partial charge in [0.1, 0.15) is 0 Å². The minimum Gasteiger partial charge on any atom is -0.284 e. The van der Waals surface area contributed by atoms with Gasteiger partial charge in [0.05, 0.1) is 18.0 Å². The second-order valence-corrected chi connectivity index (χ2v) is 9.02. The van der Waals surface area contributed by atoms with Crippen molar-refractivity contribution >= 4 is 39.8 Å². The van der Waals surface area contributed by atoms with Crippen molar-refractivity contribution in [3.63, 3.8) is 0 Å². The van der Waals surface area contributed by atoms with Crippen molar-refractivity contribution < 1.29 is 4.79 Å². The number of carbonyl (C=O) groups is 1. The average Bonchev–Trinajstić information content (AvgIpc) is 3.08. The number of fused-ring (bicyclic) bond motifs is 1. The summed E-state index contributed by atoms with van der Waals surface area (Å²) >= 11 is 1.54. The maximum absolute atomic E-state index is 13.2. The number of benzene rings is 3. The van der Waals surface area contributed by atoms with Crippen molar-refractivity contribution in [2.45, 2.75) is 44.9 Å². The van der Waals surface area contributed by atoms with Crippen LogP contribution in [0.15, 0.2) is 76.9 Å². The molecule has 3 aromatic carbocycles. The fraction of sp³-hybridized carbons (Fsp3) is 0.269. The molecule has 3 aromatic rings. The van der Waals surface area contributed by atoms with Crippen LogP contribution in [0.5, 0.6) is 0 Å². The van der Waals surface area contributed by atoms with E-state index >= 15 is 0 Å². The standard InChI is InChI=1S/C26H27N3OS/c1-3-4-12-24-25(30)29(18-22-10-7-9-21-8-5-6-11-23(21)22)26(31-24)28-27-17-20-15-13-19(2)14-16-20/h5-11,13-17,24H,3-4,12,18H2,1-2H3/b27-17-,28-26+/t24-/m1/s1. The molecule has 4 rings (SSSR count). The van der Waals surface area contributed by atoms with Crippen LogP contribution in [0.2, 0.25) is 0 Å². The summed E-state index contributed by atoms with van der Waals surface area (Å²) in [6, 6.07) is 22.7. The van der Waals surface area contributed by atoms with Crippen molar-refractivity contribution in [2.75, 3.05) is 0 Å². The van der Waals surface area contributed by atoms with Crippen molar-refractivity contribution in [2.24, 2.45) is 10.2 Å². The molecule has 5 heteroatoms. The highest BCUT2D eigenvalue weighted by Crippen LogP contribution is 2.33. The molecule has 0 N–H and O–H groups in total. The summed E-state index contributed by atoms with van der Waals surface area (Å²) in [7, 11) is 0. The lowest BCUT2D eigenvalue weighted by Gasteiger charge is -2.17. The van der Waals surface area contributed by atoms with Crippen molar-refractivity contribution in [1.82, 2.24) is 4.90 Å². The van der Waals surface area contributed by atoms with Gasteiger partial charge in [0, 0.05) is 0 Å². The van der Waals surface area contributed by atoms with E-state index in [-0.39, 0.29) is 11.2 Å². The molecule has 1 heterocycles. The zero-order chi connectivity index (χ0) is 21.6. The van der Waals surface area contributed by atoms with Crippen molar-refractivity contribution in [3.8, 4) is 0 Å². The molecular weight excluding hydrogens is 402 g/mol. The van der Waals surface area contributed by atoms with Crippen LogP contribution in [0.1, 0.15) is 42.9 Å². The van der Waals surface area contributed by atoms with Gasteiger partial charge in [-0.25, -0.2) is 0 Å². The summed E-state index contributed by atoms with van der Waals surface area (Å²) < 4.78 is 0. The zero-order valence-electron chi connectivity index (χ0n) is 18.0. The highest BCUT2D eigenvalue weighted by Gasteiger charge is 2.37. The Morgan fingerprint density at radius 2 is 1.81 bits per heavy atom. The Morgan fingerprint density at radius 1 is 1.03 bits per heavy atom. The van der Waals surface area contributed by atoms with Gasteiger partial charge in [-0.3, -0.25) is 9.69 Å². The largest absolute Gasteiger partial charge is 0.284 e. The molecule has 0 bridgehead atoms.